The molecule has 2 unspecified atom stereocenters. The number of nitrogens with one attached hydrogen (secondary N) is 2. The number of Topliss-reactive ketones (excluding diaryl/α,β-unsaturated/α-hetero) is 1. The van der Waals surface area contributed by atoms with Gasteiger partial charge in [0.25, 0.3) is 6.43 Å². The highest BCUT2D eigenvalue weighted by Gasteiger charge is 2.57. The van der Waals surface area contributed by atoms with Crippen LogP contribution in [-0.2, 0) is 23.9 Å². The molecule has 0 aliphatic carbocycles. The number of aliphatic carboxylic acids is 1. The zero-order valence-corrected chi connectivity index (χ0v) is 20.5. The van der Waals surface area contributed by atoms with Crippen LogP contribution in [0, 0.1) is 0 Å². The van der Waals surface area contributed by atoms with Crippen molar-refractivity contribution in [2.45, 2.75) is 75.8 Å². The number of anilines is 1. The molecule has 15 heteroatoms. The van der Waals surface area contributed by atoms with Crippen LogP contribution in [0.3, 0.4) is 0 Å². The van der Waals surface area contributed by atoms with E-state index in [0.717, 1.165) is 25.1 Å². The van der Waals surface area contributed by atoms with Gasteiger partial charge in [0.2, 0.25) is 11.8 Å². The SMILES string of the molecule is CC(=O)CCC(=O)Nc1ccc(O[C@]2(C(=O)O)C[C@H](O)[C@@H](NC(C)=O)[C@H](C(O)C(O)CO)O2)c(C(F)F)c1. The summed E-state index contributed by atoms with van der Waals surface area (Å²) in [5.41, 5.74) is -0.954. The van der Waals surface area contributed by atoms with E-state index in [1.165, 1.54) is 6.92 Å². The van der Waals surface area contributed by atoms with Crippen molar-refractivity contribution in [3.05, 3.63) is 23.8 Å². The average Bonchev–Trinajstić information content (AvgIpc) is 2.83. The van der Waals surface area contributed by atoms with Gasteiger partial charge in [-0.15, -0.1) is 0 Å². The molecule has 1 aromatic carbocycles. The van der Waals surface area contributed by atoms with Gasteiger partial charge < -0.3 is 50.4 Å². The topological polar surface area (TPSA) is 212 Å². The minimum absolute atomic E-state index is 0.0625. The molecule has 0 saturated carbocycles. The molecule has 0 radical (unpaired) electrons. The van der Waals surface area contributed by atoms with Gasteiger partial charge in [0.05, 0.1) is 30.7 Å². The maximum atomic E-state index is 13.9. The Hall–Kier alpha value is -3.24. The highest BCUT2D eigenvalue weighted by Crippen LogP contribution is 2.39. The summed E-state index contributed by atoms with van der Waals surface area (Å²) >= 11 is 0. The van der Waals surface area contributed by atoms with E-state index in [9.17, 15) is 53.5 Å². The fraction of sp³-hybridized carbons (Fsp3) is 0.565. The molecule has 1 fully saturated rings. The van der Waals surface area contributed by atoms with Gasteiger partial charge in [-0.25, -0.2) is 13.6 Å². The number of carbonyl (C=O) groups excluding carboxylic acids is 3. The molecule has 13 nitrogen and oxygen atoms in total. The Morgan fingerprint density at radius 1 is 1.18 bits per heavy atom. The summed E-state index contributed by atoms with van der Waals surface area (Å²) in [6.07, 6.45) is -12.0. The molecule has 0 aromatic heterocycles. The van der Waals surface area contributed by atoms with Crippen LogP contribution in [0.25, 0.3) is 0 Å². The molecule has 7 N–H and O–H groups in total. The summed E-state index contributed by atoms with van der Waals surface area (Å²) in [5.74, 6) is -7.07. The number of halogens is 2. The number of hydrogen-bond donors (Lipinski definition) is 7. The minimum Gasteiger partial charge on any atom is -0.476 e. The first-order valence-electron chi connectivity index (χ1n) is 11.4. The zero-order chi connectivity index (χ0) is 28.8. The van der Waals surface area contributed by atoms with Crippen molar-refractivity contribution in [3.63, 3.8) is 0 Å². The second-order valence-corrected chi connectivity index (χ2v) is 8.78. The number of hydrogen-bond acceptors (Lipinski definition) is 10. The van der Waals surface area contributed by atoms with Crippen molar-refractivity contribution in [3.8, 4) is 5.75 Å². The number of amides is 2. The van der Waals surface area contributed by atoms with Crippen LogP contribution in [-0.4, -0.2) is 92.0 Å². The van der Waals surface area contributed by atoms with Crippen molar-refractivity contribution in [1.82, 2.24) is 5.32 Å². The van der Waals surface area contributed by atoms with Crippen LogP contribution in [0.15, 0.2) is 18.2 Å². The van der Waals surface area contributed by atoms with Gasteiger partial charge >= 0.3 is 11.8 Å². The van der Waals surface area contributed by atoms with Crippen LogP contribution >= 0.6 is 0 Å². The third kappa shape index (κ3) is 7.64. The molecule has 1 aromatic rings. The molecule has 0 bridgehead atoms. The lowest BCUT2D eigenvalue weighted by atomic mass is 9.88. The van der Waals surface area contributed by atoms with E-state index in [1.807, 2.05) is 0 Å². The second-order valence-electron chi connectivity index (χ2n) is 8.78. The number of ketones is 1. The molecule has 1 aliphatic heterocycles. The molecule has 0 spiro atoms. The maximum absolute atomic E-state index is 13.9. The largest absolute Gasteiger partial charge is 0.476 e. The van der Waals surface area contributed by atoms with Crippen LogP contribution < -0.4 is 15.4 Å². The van der Waals surface area contributed by atoms with Crippen LogP contribution in [0.5, 0.6) is 5.75 Å². The summed E-state index contributed by atoms with van der Waals surface area (Å²) in [6, 6.07) is 1.41. The highest BCUT2D eigenvalue weighted by molar-refractivity contribution is 5.93. The third-order valence-electron chi connectivity index (χ3n) is 5.69. The van der Waals surface area contributed by atoms with Crippen molar-refractivity contribution >= 4 is 29.3 Å². The van der Waals surface area contributed by atoms with E-state index >= 15 is 0 Å². The number of alkyl halides is 2. The number of aliphatic hydroxyl groups excluding tert-OH is 4. The predicted octanol–water partition coefficient (Wildman–Crippen LogP) is -0.540. The molecule has 2 amide bonds. The Morgan fingerprint density at radius 3 is 2.37 bits per heavy atom. The predicted molar refractivity (Wildman–Crippen MR) is 123 cm³/mol. The first-order valence-corrected chi connectivity index (χ1v) is 11.4. The normalized spacial score (nSPS) is 24.8. The molecular weight excluding hydrogens is 518 g/mol. The summed E-state index contributed by atoms with van der Waals surface area (Å²) < 4.78 is 38.6. The highest BCUT2D eigenvalue weighted by atomic mass is 19.3. The van der Waals surface area contributed by atoms with Gasteiger partial charge in [0, 0.05) is 25.5 Å². The standard InChI is InChI=1S/C23H30F2N2O11/c1-10(29)3-6-17(33)27-12-4-5-16(13(7-12)21(24)25)37-23(22(35)36)8-14(31)18(26-11(2)30)20(38-23)19(34)15(32)9-28/h4-5,7,14-15,18-21,28,31-32,34H,3,6,8-9H2,1-2H3,(H,26,30)(H,27,33)(H,35,36)/t14-,15?,18+,19?,20+,23+/m0/s1. The average molecular weight is 548 g/mol. The molecule has 38 heavy (non-hydrogen) atoms. The Bertz CT molecular complexity index is 1040. The number of carboxylic acids is 1. The molecule has 212 valence electrons. The van der Waals surface area contributed by atoms with Crippen molar-refractivity contribution < 1.29 is 63.0 Å². The Labute approximate surface area is 215 Å². The van der Waals surface area contributed by atoms with E-state index in [4.69, 9.17) is 9.47 Å². The van der Waals surface area contributed by atoms with Gasteiger partial charge in [0.1, 0.15) is 29.8 Å². The Balaban J connectivity index is 2.43. The van der Waals surface area contributed by atoms with E-state index in [1.54, 1.807) is 0 Å². The van der Waals surface area contributed by atoms with Crippen molar-refractivity contribution in [1.29, 1.82) is 0 Å². The Morgan fingerprint density at radius 2 is 1.84 bits per heavy atom. The summed E-state index contributed by atoms with van der Waals surface area (Å²) in [7, 11) is 0. The quantitative estimate of drug-likeness (QED) is 0.176. The molecule has 6 atom stereocenters. The molecule has 2 rings (SSSR count). The fourth-order valence-corrected chi connectivity index (χ4v) is 3.81. The molecular formula is C23H30F2N2O11. The number of aliphatic hydroxyl groups is 4. The van der Waals surface area contributed by atoms with Gasteiger partial charge in [-0.3, -0.25) is 9.59 Å². The van der Waals surface area contributed by atoms with E-state index in [0.29, 0.717) is 0 Å². The lowest BCUT2D eigenvalue weighted by Crippen LogP contribution is -2.68. The number of carbonyl (C=O) groups is 4. The van der Waals surface area contributed by atoms with E-state index in [-0.39, 0.29) is 24.3 Å². The van der Waals surface area contributed by atoms with Crippen LogP contribution in [0.4, 0.5) is 14.5 Å². The molecule has 1 aliphatic rings. The first kappa shape index (κ1) is 31.0. The maximum Gasteiger partial charge on any atom is 0.377 e. The smallest absolute Gasteiger partial charge is 0.377 e. The Kier molecular flexibility index (Phi) is 10.6. The van der Waals surface area contributed by atoms with Crippen molar-refractivity contribution in [2.24, 2.45) is 0 Å². The lowest BCUT2D eigenvalue weighted by Gasteiger charge is -2.46. The number of carboxylic acid groups (broad SMARTS) is 1. The summed E-state index contributed by atoms with van der Waals surface area (Å²) in [6.45, 7) is 1.34. The third-order valence-corrected chi connectivity index (χ3v) is 5.69. The number of ether oxygens (including phenoxy) is 2. The number of rotatable bonds is 12. The fourth-order valence-electron chi connectivity index (χ4n) is 3.81. The molecule has 1 saturated heterocycles. The van der Waals surface area contributed by atoms with Gasteiger partial charge in [-0.2, -0.15) is 0 Å². The van der Waals surface area contributed by atoms with E-state index < -0.39 is 84.8 Å². The van der Waals surface area contributed by atoms with Gasteiger partial charge in [-0.05, 0) is 25.1 Å². The first-order chi connectivity index (χ1) is 17.7. The van der Waals surface area contributed by atoms with Gasteiger partial charge in [-0.1, -0.05) is 0 Å². The summed E-state index contributed by atoms with van der Waals surface area (Å²) in [5, 5.41) is 54.7. The van der Waals surface area contributed by atoms with Crippen LogP contribution in [0.1, 0.15) is 45.1 Å². The summed E-state index contributed by atoms with van der Waals surface area (Å²) in [4.78, 5) is 46.9. The zero-order valence-electron chi connectivity index (χ0n) is 20.5. The van der Waals surface area contributed by atoms with Gasteiger partial charge in [0.15, 0.2) is 0 Å². The molecule has 1 heterocycles. The van der Waals surface area contributed by atoms with Crippen molar-refractivity contribution in [2.75, 3.05) is 11.9 Å². The monoisotopic (exact) mass is 548 g/mol. The lowest BCUT2D eigenvalue weighted by molar-refractivity contribution is -0.284. The second kappa shape index (κ2) is 13.0. The van der Waals surface area contributed by atoms with Crippen LogP contribution in [0.2, 0.25) is 0 Å². The minimum atomic E-state index is -3.23. The number of benzene rings is 1. The van der Waals surface area contributed by atoms with E-state index in [2.05, 4.69) is 10.6 Å².